The number of rotatable bonds is 4. The van der Waals surface area contributed by atoms with Crippen molar-refractivity contribution in [2.75, 3.05) is 14.2 Å². The van der Waals surface area contributed by atoms with E-state index >= 15 is 0 Å². The third-order valence-corrected chi connectivity index (χ3v) is 4.22. The van der Waals surface area contributed by atoms with Crippen molar-refractivity contribution >= 4 is 75.7 Å². The SMILES string of the molecule is COc1ccc(C=CC2OC(C(Cl)(Cl)Cl)OC(C(Cl)(Cl)Cl)O2)cc1OC. The molecule has 1 aliphatic rings. The number of methoxy groups -OCH3 is 2. The van der Waals surface area contributed by atoms with Gasteiger partial charge in [-0.1, -0.05) is 81.7 Å². The maximum atomic E-state index is 5.82. The van der Waals surface area contributed by atoms with Crippen molar-refractivity contribution in [2.45, 2.75) is 26.5 Å². The first-order valence-electron chi connectivity index (χ1n) is 7.04. The highest BCUT2D eigenvalue weighted by Crippen LogP contribution is 2.42. The van der Waals surface area contributed by atoms with Crippen LogP contribution in [0.2, 0.25) is 0 Å². The minimum atomic E-state index is -1.91. The Hall–Kier alpha value is 0.180. The second-order valence-electron chi connectivity index (χ2n) is 5.00. The molecule has 0 spiro atoms. The number of benzene rings is 1. The zero-order chi connectivity index (χ0) is 19.5. The van der Waals surface area contributed by atoms with Crippen molar-refractivity contribution in [3.63, 3.8) is 0 Å². The van der Waals surface area contributed by atoms with Crippen molar-refractivity contribution in [1.29, 1.82) is 0 Å². The topological polar surface area (TPSA) is 46.2 Å². The van der Waals surface area contributed by atoms with Crippen LogP contribution in [-0.2, 0) is 14.2 Å². The first-order valence-corrected chi connectivity index (χ1v) is 9.31. The molecule has 2 unspecified atom stereocenters. The lowest BCUT2D eigenvalue weighted by Crippen LogP contribution is -2.50. The van der Waals surface area contributed by atoms with E-state index < -0.39 is 26.5 Å². The Kier molecular flexibility index (Phi) is 7.88. The average molecular weight is 487 g/mol. The van der Waals surface area contributed by atoms with Crippen molar-refractivity contribution in [2.24, 2.45) is 0 Å². The van der Waals surface area contributed by atoms with Crippen LogP contribution in [0.4, 0.5) is 0 Å². The van der Waals surface area contributed by atoms with Gasteiger partial charge in [-0.15, -0.1) is 0 Å². The van der Waals surface area contributed by atoms with Gasteiger partial charge in [0, 0.05) is 0 Å². The van der Waals surface area contributed by atoms with E-state index in [9.17, 15) is 0 Å². The third-order valence-electron chi connectivity index (χ3n) is 3.15. The lowest BCUT2D eigenvalue weighted by molar-refractivity contribution is -0.366. The van der Waals surface area contributed by atoms with Crippen LogP contribution in [0, 0.1) is 0 Å². The van der Waals surface area contributed by atoms with E-state index in [1.807, 2.05) is 0 Å². The molecule has 0 N–H and O–H groups in total. The van der Waals surface area contributed by atoms with Gasteiger partial charge >= 0.3 is 0 Å². The van der Waals surface area contributed by atoms with Crippen molar-refractivity contribution < 1.29 is 23.7 Å². The molecule has 146 valence electrons. The molecule has 1 heterocycles. The van der Waals surface area contributed by atoms with Gasteiger partial charge in [-0.3, -0.25) is 0 Å². The average Bonchev–Trinajstić information content (AvgIpc) is 2.57. The first-order chi connectivity index (χ1) is 12.0. The smallest absolute Gasteiger partial charge is 0.241 e. The van der Waals surface area contributed by atoms with Gasteiger partial charge in [-0.05, 0) is 23.8 Å². The second kappa shape index (κ2) is 9.12. The molecule has 1 aromatic rings. The lowest BCUT2D eigenvalue weighted by Gasteiger charge is -2.39. The molecule has 0 bridgehead atoms. The fraction of sp³-hybridized carbons (Fsp3) is 0.467. The molecule has 11 heteroatoms. The summed E-state index contributed by atoms with van der Waals surface area (Å²) < 4.78 is 22.8. The Morgan fingerprint density at radius 2 is 1.38 bits per heavy atom. The predicted molar refractivity (Wildman–Crippen MR) is 104 cm³/mol. The molecule has 2 atom stereocenters. The van der Waals surface area contributed by atoms with Gasteiger partial charge in [0.05, 0.1) is 14.2 Å². The van der Waals surface area contributed by atoms with Crippen LogP contribution < -0.4 is 9.47 Å². The molecule has 0 aromatic heterocycles. The van der Waals surface area contributed by atoms with E-state index in [0.29, 0.717) is 11.5 Å². The summed E-state index contributed by atoms with van der Waals surface area (Å²) in [6.45, 7) is 0. The minimum absolute atomic E-state index is 0.557. The van der Waals surface area contributed by atoms with Gasteiger partial charge < -0.3 is 23.7 Å². The third kappa shape index (κ3) is 6.09. The van der Waals surface area contributed by atoms with Crippen LogP contribution in [0.25, 0.3) is 6.08 Å². The first kappa shape index (κ1) is 22.5. The number of alkyl halides is 6. The van der Waals surface area contributed by atoms with Crippen molar-refractivity contribution in [1.82, 2.24) is 0 Å². The van der Waals surface area contributed by atoms with Gasteiger partial charge in [0.1, 0.15) is 0 Å². The van der Waals surface area contributed by atoms with Gasteiger partial charge in [0.15, 0.2) is 17.8 Å². The number of halogens is 6. The van der Waals surface area contributed by atoms with E-state index in [4.69, 9.17) is 93.3 Å². The van der Waals surface area contributed by atoms with Crippen LogP contribution in [0.5, 0.6) is 11.5 Å². The summed E-state index contributed by atoms with van der Waals surface area (Å²) in [6, 6.07) is 5.31. The Morgan fingerprint density at radius 1 is 0.846 bits per heavy atom. The van der Waals surface area contributed by atoms with Crippen LogP contribution >= 0.6 is 69.6 Å². The Labute approximate surface area is 180 Å². The van der Waals surface area contributed by atoms with Crippen LogP contribution in [0.3, 0.4) is 0 Å². The van der Waals surface area contributed by atoms with Gasteiger partial charge in [0.2, 0.25) is 20.2 Å². The molecule has 0 radical (unpaired) electrons. The van der Waals surface area contributed by atoms with Crippen LogP contribution in [0.1, 0.15) is 5.56 Å². The Balaban J connectivity index is 2.19. The minimum Gasteiger partial charge on any atom is -0.493 e. The highest BCUT2D eigenvalue weighted by molar-refractivity contribution is 6.68. The van der Waals surface area contributed by atoms with Gasteiger partial charge in [-0.2, -0.15) is 0 Å². The molecule has 2 rings (SSSR count). The zero-order valence-electron chi connectivity index (χ0n) is 13.4. The Morgan fingerprint density at radius 3 is 1.85 bits per heavy atom. The van der Waals surface area contributed by atoms with Crippen molar-refractivity contribution in [3.05, 3.63) is 29.8 Å². The number of ether oxygens (including phenoxy) is 5. The highest BCUT2D eigenvalue weighted by atomic mass is 35.6. The quantitative estimate of drug-likeness (QED) is 0.526. The number of hydrogen-bond donors (Lipinski definition) is 0. The maximum absolute atomic E-state index is 5.82. The molecular formula is C15H14Cl6O5. The molecule has 1 aromatic carbocycles. The highest BCUT2D eigenvalue weighted by Gasteiger charge is 2.48. The number of hydrogen-bond acceptors (Lipinski definition) is 5. The van der Waals surface area contributed by atoms with E-state index in [2.05, 4.69) is 0 Å². The summed E-state index contributed by atoms with van der Waals surface area (Å²) >= 11 is 34.9. The van der Waals surface area contributed by atoms with E-state index in [1.165, 1.54) is 7.11 Å². The fourth-order valence-electron chi connectivity index (χ4n) is 2.00. The molecule has 1 saturated heterocycles. The molecule has 26 heavy (non-hydrogen) atoms. The van der Waals surface area contributed by atoms with Crippen LogP contribution in [0.15, 0.2) is 24.3 Å². The monoisotopic (exact) mass is 484 g/mol. The normalized spacial score (nSPS) is 24.7. The molecule has 1 aliphatic heterocycles. The molecular weight excluding hydrogens is 473 g/mol. The Bertz CT molecular complexity index is 620. The van der Waals surface area contributed by atoms with E-state index in [1.54, 1.807) is 37.5 Å². The van der Waals surface area contributed by atoms with Crippen molar-refractivity contribution in [3.8, 4) is 11.5 Å². The fourth-order valence-corrected chi connectivity index (χ4v) is 2.61. The lowest BCUT2D eigenvalue weighted by atomic mass is 10.2. The summed E-state index contributed by atoms with van der Waals surface area (Å²) in [5.41, 5.74) is 0.775. The molecule has 0 aliphatic carbocycles. The molecule has 0 amide bonds. The largest absolute Gasteiger partial charge is 0.493 e. The molecule has 5 nitrogen and oxygen atoms in total. The van der Waals surface area contributed by atoms with Crippen LogP contribution in [-0.4, -0.2) is 40.7 Å². The summed E-state index contributed by atoms with van der Waals surface area (Å²) in [5, 5.41) is 0. The van der Waals surface area contributed by atoms with E-state index in [-0.39, 0.29) is 0 Å². The predicted octanol–water partition coefficient (Wildman–Crippen LogP) is 5.50. The summed E-state index contributed by atoms with van der Waals surface area (Å²) in [7, 11) is 3.08. The standard InChI is InChI=1S/C15H14Cl6O5/c1-22-9-5-3-8(7-10(9)23-2)4-6-11-24-12(14(16,17)18)26-13(25-11)15(19,20)21/h3-7,11-13H,1-2H3. The maximum Gasteiger partial charge on any atom is 0.241 e. The summed E-state index contributed by atoms with van der Waals surface area (Å²) in [5.74, 6) is 1.15. The summed E-state index contributed by atoms with van der Waals surface area (Å²) in [6.07, 6.45) is -0.346. The van der Waals surface area contributed by atoms with E-state index in [0.717, 1.165) is 5.56 Å². The molecule has 0 saturated carbocycles. The van der Waals surface area contributed by atoms with Gasteiger partial charge in [-0.25, -0.2) is 0 Å². The second-order valence-corrected chi connectivity index (χ2v) is 9.74. The van der Waals surface area contributed by atoms with Gasteiger partial charge in [0.25, 0.3) is 0 Å². The summed E-state index contributed by atoms with van der Waals surface area (Å²) in [4.78, 5) is 0. The molecule has 1 fully saturated rings. The zero-order valence-corrected chi connectivity index (χ0v) is 18.0.